The minimum absolute atomic E-state index is 0. The summed E-state index contributed by atoms with van der Waals surface area (Å²) in [6.45, 7) is -0.278. The molecule has 0 unspecified atom stereocenters. The number of aliphatic carboxylic acids is 3. The summed E-state index contributed by atoms with van der Waals surface area (Å²) >= 11 is 0. The second-order valence-electron chi connectivity index (χ2n) is 1.86. The quantitative estimate of drug-likeness (QED) is 0.286. The van der Waals surface area contributed by atoms with E-state index in [1.54, 1.807) is 0 Å². The van der Waals surface area contributed by atoms with E-state index < -0.39 is 24.1 Å². The van der Waals surface area contributed by atoms with Gasteiger partial charge in [-0.3, -0.25) is 4.79 Å². The number of hydrogen-bond acceptors (Lipinski definition) is 7. The van der Waals surface area contributed by atoms with Crippen LogP contribution < -0.4 is 75.1 Å². The minimum atomic E-state index is -2.33. The topological polar surface area (TPSA) is 201 Å². The van der Waals surface area contributed by atoms with Crippen LogP contribution in [0.5, 0.6) is 0 Å². The van der Waals surface area contributed by atoms with Gasteiger partial charge >= 0.3 is 77.0 Å². The molecule has 10 nitrogen and oxygen atoms in total. The number of carbonyl (C=O) groups excluding carboxylic acids is 1. The van der Waals surface area contributed by atoms with Crippen molar-refractivity contribution >= 4 is 24.1 Å². The van der Waals surface area contributed by atoms with Gasteiger partial charge in [-0.2, -0.15) is 0 Å². The van der Waals surface area contributed by atoms with Crippen LogP contribution in [-0.4, -0.2) is 45.9 Å². The van der Waals surface area contributed by atoms with E-state index in [-0.39, 0.29) is 65.7 Å². The zero-order valence-corrected chi connectivity index (χ0v) is 14.2. The van der Waals surface area contributed by atoms with E-state index in [9.17, 15) is 14.4 Å². The number of hydrogen-bond donors (Lipinski definition) is 4. The van der Waals surface area contributed by atoms with E-state index in [0.717, 1.165) is 0 Å². The van der Waals surface area contributed by atoms with Gasteiger partial charge in [-0.15, -0.1) is 0 Å². The first-order valence-corrected chi connectivity index (χ1v) is 3.57. The molecule has 0 aliphatic rings. The number of carboxylic acids is 3. The van der Waals surface area contributed by atoms with Crippen LogP contribution in [0.4, 0.5) is 4.79 Å². The SMILES string of the molecule is NCC(=O)O.O=C(O)/C=C/C(=O)O.O=C([O-])[O-].[Na+].[Na+]. The normalized spacial score (nSPS) is 7.21. The van der Waals surface area contributed by atoms with Gasteiger partial charge in [-0.1, -0.05) is 0 Å². The molecule has 5 N–H and O–H groups in total. The van der Waals surface area contributed by atoms with Crippen LogP contribution in [-0.2, 0) is 14.4 Å². The van der Waals surface area contributed by atoms with Crippen LogP contribution in [0, 0.1) is 0 Å². The molecule has 19 heavy (non-hydrogen) atoms. The Hall–Kier alpha value is -0.620. The van der Waals surface area contributed by atoms with Gasteiger partial charge in [-0.05, 0) is 6.16 Å². The van der Waals surface area contributed by atoms with Crippen molar-refractivity contribution in [3.63, 3.8) is 0 Å². The maximum Gasteiger partial charge on any atom is 1.00 e. The smallest absolute Gasteiger partial charge is 0.652 e. The van der Waals surface area contributed by atoms with Crippen LogP contribution in [0.1, 0.15) is 0 Å². The van der Waals surface area contributed by atoms with E-state index in [4.69, 9.17) is 30.3 Å². The number of nitrogens with two attached hydrogens (primary N) is 1. The minimum Gasteiger partial charge on any atom is -0.652 e. The van der Waals surface area contributed by atoms with E-state index >= 15 is 0 Å². The molecule has 0 bridgehead atoms. The molecule has 0 aromatic heterocycles. The summed E-state index contributed by atoms with van der Waals surface area (Å²) in [6, 6.07) is 0. The number of carbonyl (C=O) groups is 4. The van der Waals surface area contributed by atoms with Gasteiger partial charge in [0.15, 0.2) is 0 Å². The Morgan fingerprint density at radius 3 is 1.11 bits per heavy atom. The van der Waals surface area contributed by atoms with Crippen LogP contribution >= 0.6 is 0 Å². The molecule has 98 valence electrons. The van der Waals surface area contributed by atoms with Crippen molar-refractivity contribution in [1.82, 2.24) is 0 Å². The maximum atomic E-state index is 9.55. The van der Waals surface area contributed by atoms with E-state index in [0.29, 0.717) is 12.2 Å². The summed E-state index contributed by atoms with van der Waals surface area (Å²) in [4.78, 5) is 36.7. The summed E-state index contributed by atoms with van der Waals surface area (Å²) in [5, 5.41) is 39.9. The molecule has 0 spiro atoms. The summed E-state index contributed by atoms with van der Waals surface area (Å²) in [7, 11) is 0. The first-order chi connectivity index (χ1) is 7.63. The third-order valence-electron chi connectivity index (χ3n) is 0.543. The molecular formula is C7H9NNa2O9. The van der Waals surface area contributed by atoms with Crippen LogP contribution in [0.25, 0.3) is 0 Å². The van der Waals surface area contributed by atoms with Crippen LogP contribution in [0.2, 0.25) is 0 Å². The Labute approximate surface area is 151 Å². The van der Waals surface area contributed by atoms with Crippen molar-refractivity contribution in [2.45, 2.75) is 0 Å². The monoisotopic (exact) mass is 297 g/mol. The molecule has 0 saturated heterocycles. The van der Waals surface area contributed by atoms with Crippen LogP contribution in [0.3, 0.4) is 0 Å². The van der Waals surface area contributed by atoms with Gasteiger partial charge in [0.25, 0.3) is 0 Å². The average molecular weight is 297 g/mol. The number of carboxylic acid groups (broad SMARTS) is 5. The Bertz CT molecular complexity index is 285. The van der Waals surface area contributed by atoms with Crippen molar-refractivity contribution in [2.24, 2.45) is 5.73 Å². The standard InChI is InChI=1S/C4H4O4.C2H5NO2.CH2O3.2Na/c5-3(6)1-2-4(7)8;3-1-2(4)5;2-1(3)4;;/h1-2H,(H,5,6)(H,7,8);1,3H2,(H,4,5);(H2,2,3,4);;/q;;;2*+1/p-2/b2-1+;;;;. The molecule has 0 aromatic carbocycles. The zero-order chi connectivity index (χ0) is 14.4. The molecular weight excluding hydrogens is 288 g/mol. The Morgan fingerprint density at radius 2 is 1.05 bits per heavy atom. The first-order valence-electron chi connectivity index (χ1n) is 3.57. The summed E-state index contributed by atoms with van der Waals surface area (Å²) in [5.74, 6) is -3.48. The third kappa shape index (κ3) is 101. The van der Waals surface area contributed by atoms with Crippen molar-refractivity contribution in [3.05, 3.63) is 12.2 Å². The molecule has 12 heteroatoms. The van der Waals surface area contributed by atoms with Crippen molar-refractivity contribution in [2.75, 3.05) is 6.54 Å². The second kappa shape index (κ2) is 22.6. The molecule has 0 rings (SSSR count). The zero-order valence-electron chi connectivity index (χ0n) is 10.2. The molecule has 0 saturated carbocycles. The predicted octanol–water partition coefficient (Wildman–Crippen LogP) is -9.70. The van der Waals surface area contributed by atoms with Gasteiger partial charge in [0.2, 0.25) is 0 Å². The van der Waals surface area contributed by atoms with E-state index in [2.05, 4.69) is 5.73 Å². The van der Waals surface area contributed by atoms with Crippen molar-refractivity contribution < 1.29 is 104 Å². The fraction of sp³-hybridized carbons (Fsp3) is 0.143. The average Bonchev–Trinajstić information content (AvgIpc) is 2.14. The molecule has 0 fully saturated rings. The largest absolute Gasteiger partial charge is 1.00 e. The molecule has 0 aliphatic heterocycles. The first kappa shape index (κ1) is 31.0. The Kier molecular flexibility index (Phi) is 36.8. The van der Waals surface area contributed by atoms with Crippen molar-refractivity contribution in [1.29, 1.82) is 0 Å². The molecule has 0 aliphatic carbocycles. The van der Waals surface area contributed by atoms with Gasteiger partial charge in [0.05, 0.1) is 6.54 Å². The molecule has 0 aromatic rings. The van der Waals surface area contributed by atoms with E-state index in [1.165, 1.54) is 0 Å². The molecule has 0 heterocycles. The summed E-state index contributed by atoms with van der Waals surface area (Å²) in [6.07, 6.45) is -1.22. The Morgan fingerprint density at radius 1 is 0.895 bits per heavy atom. The van der Waals surface area contributed by atoms with Crippen molar-refractivity contribution in [3.8, 4) is 0 Å². The maximum absolute atomic E-state index is 9.55. The Balaban J connectivity index is -0.0000000524. The van der Waals surface area contributed by atoms with Gasteiger partial charge in [0, 0.05) is 12.2 Å². The van der Waals surface area contributed by atoms with Crippen LogP contribution in [0.15, 0.2) is 12.2 Å². The molecule has 0 amide bonds. The van der Waals surface area contributed by atoms with Gasteiger partial charge in [0.1, 0.15) is 0 Å². The van der Waals surface area contributed by atoms with Gasteiger partial charge in [-0.25, -0.2) is 9.59 Å². The summed E-state index contributed by atoms with van der Waals surface area (Å²) < 4.78 is 0. The molecule has 0 atom stereocenters. The third-order valence-corrected chi connectivity index (χ3v) is 0.543. The fourth-order valence-corrected chi connectivity index (χ4v) is 0.143. The molecule has 0 radical (unpaired) electrons. The fourth-order valence-electron chi connectivity index (χ4n) is 0.143. The number of rotatable bonds is 3. The van der Waals surface area contributed by atoms with Gasteiger partial charge < -0.3 is 36.1 Å². The second-order valence-corrected chi connectivity index (χ2v) is 1.86. The summed E-state index contributed by atoms with van der Waals surface area (Å²) in [5.41, 5.74) is 4.57. The van der Waals surface area contributed by atoms with E-state index in [1.807, 2.05) is 0 Å². The predicted molar refractivity (Wildman–Crippen MR) is 46.5 cm³/mol.